The predicted molar refractivity (Wildman–Crippen MR) is 118 cm³/mol. The third-order valence-corrected chi connectivity index (χ3v) is 5.85. The number of amides is 1. The van der Waals surface area contributed by atoms with Gasteiger partial charge in [-0.05, 0) is 50.5 Å². The highest BCUT2D eigenvalue weighted by atomic mass is 19.1. The Morgan fingerprint density at radius 3 is 2.56 bits per heavy atom. The maximum Gasteiger partial charge on any atom is 0.228 e. The van der Waals surface area contributed by atoms with Crippen molar-refractivity contribution in [3.05, 3.63) is 71.4 Å². The first-order valence-electron chi connectivity index (χ1n) is 11.0. The molecule has 0 saturated heterocycles. The van der Waals surface area contributed by atoms with Crippen LogP contribution in [-0.2, 0) is 11.3 Å². The molecule has 1 saturated carbocycles. The van der Waals surface area contributed by atoms with Gasteiger partial charge in [0.25, 0.3) is 0 Å². The number of hydrogen-bond acceptors (Lipinski definition) is 3. The molecule has 1 fully saturated rings. The minimum absolute atomic E-state index is 0.0740. The maximum absolute atomic E-state index is 14.4. The van der Waals surface area contributed by atoms with Crippen molar-refractivity contribution in [2.24, 2.45) is 5.92 Å². The second kappa shape index (κ2) is 9.51. The van der Waals surface area contributed by atoms with Gasteiger partial charge in [-0.2, -0.15) is 5.10 Å². The van der Waals surface area contributed by atoms with E-state index >= 15 is 0 Å². The van der Waals surface area contributed by atoms with E-state index in [0.717, 1.165) is 43.5 Å². The van der Waals surface area contributed by atoms with Gasteiger partial charge in [0.2, 0.25) is 11.8 Å². The third-order valence-electron chi connectivity index (χ3n) is 5.85. The zero-order valence-corrected chi connectivity index (χ0v) is 18.4. The van der Waals surface area contributed by atoms with Crippen LogP contribution in [-0.4, -0.2) is 27.1 Å². The molecule has 0 radical (unpaired) electrons. The zero-order valence-electron chi connectivity index (χ0n) is 18.4. The van der Waals surface area contributed by atoms with E-state index < -0.39 is 11.6 Å². The van der Waals surface area contributed by atoms with Crippen LogP contribution in [0.2, 0.25) is 0 Å². The van der Waals surface area contributed by atoms with Crippen molar-refractivity contribution in [1.82, 2.24) is 14.7 Å². The second-order valence-electron chi connectivity index (χ2n) is 8.18. The Bertz CT molecular complexity index is 1090. The number of rotatable bonds is 8. The van der Waals surface area contributed by atoms with Crippen LogP contribution in [0.15, 0.2) is 48.5 Å². The first-order chi connectivity index (χ1) is 15.5. The van der Waals surface area contributed by atoms with E-state index in [2.05, 4.69) is 5.10 Å². The Balaban J connectivity index is 1.75. The van der Waals surface area contributed by atoms with Gasteiger partial charge in [-0.15, -0.1) is 0 Å². The van der Waals surface area contributed by atoms with Crippen molar-refractivity contribution in [2.45, 2.75) is 46.1 Å². The molecule has 0 N–H and O–H groups in total. The first-order valence-corrected chi connectivity index (χ1v) is 11.0. The zero-order chi connectivity index (χ0) is 22.7. The first kappa shape index (κ1) is 22.0. The summed E-state index contributed by atoms with van der Waals surface area (Å²) in [6, 6.07) is 12.6. The monoisotopic (exact) mass is 439 g/mol. The van der Waals surface area contributed by atoms with Crippen LogP contribution in [0.3, 0.4) is 0 Å². The number of aryl methyl sites for hydroxylation is 1. The number of para-hydroxylation sites is 1. The second-order valence-corrected chi connectivity index (χ2v) is 8.18. The highest BCUT2D eigenvalue weighted by Crippen LogP contribution is 2.34. The average molecular weight is 440 g/mol. The van der Waals surface area contributed by atoms with Gasteiger partial charge in [0.05, 0.1) is 23.5 Å². The lowest BCUT2D eigenvalue weighted by molar-refractivity contribution is -0.138. The molecule has 7 heteroatoms. The molecule has 0 atom stereocenters. The molecular weight excluding hydrogens is 412 g/mol. The Morgan fingerprint density at radius 2 is 1.94 bits per heavy atom. The standard InChI is InChI=1S/C25H27F2N3O2/c1-3-14-29(24(31)18-8-7-9-18)16-21-17(2)28-30(20-10-5-4-6-11-20)25(21)32-23-13-12-19(26)15-22(23)27/h4-6,10-13,15,18H,3,7-9,14,16H2,1-2H3. The Kier molecular flexibility index (Phi) is 6.53. The van der Waals surface area contributed by atoms with E-state index in [1.165, 1.54) is 6.07 Å². The van der Waals surface area contributed by atoms with Crippen LogP contribution >= 0.6 is 0 Å². The summed E-state index contributed by atoms with van der Waals surface area (Å²) in [7, 11) is 0. The molecule has 1 aromatic heterocycles. The van der Waals surface area contributed by atoms with E-state index in [0.29, 0.717) is 30.2 Å². The lowest BCUT2D eigenvalue weighted by atomic mass is 9.84. The molecule has 1 heterocycles. The molecule has 4 rings (SSSR count). The van der Waals surface area contributed by atoms with Gasteiger partial charge in [0.15, 0.2) is 11.6 Å². The molecule has 1 amide bonds. The molecule has 3 aromatic rings. The normalized spacial score (nSPS) is 13.6. The summed E-state index contributed by atoms with van der Waals surface area (Å²) < 4.78 is 35.4. The number of nitrogens with zero attached hydrogens (tertiary/aromatic N) is 3. The van der Waals surface area contributed by atoms with Crippen molar-refractivity contribution < 1.29 is 18.3 Å². The summed E-state index contributed by atoms with van der Waals surface area (Å²) in [6.07, 6.45) is 3.75. The summed E-state index contributed by atoms with van der Waals surface area (Å²) in [5.41, 5.74) is 2.14. The number of benzene rings is 2. The van der Waals surface area contributed by atoms with Gasteiger partial charge >= 0.3 is 0 Å². The van der Waals surface area contributed by atoms with Crippen molar-refractivity contribution in [2.75, 3.05) is 6.54 Å². The summed E-state index contributed by atoms with van der Waals surface area (Å²) in [4.78, 5) is 14.9. The van der Waals surface area contributed by atoms with Crippen LogP contribution < -0.4 is 4.74 Å². The Morgan fingerprint density at radius 1 is 1.19 bits per heavy atom. The molecule has 0 aliphatic heterocycles. The highest BCUT2D eigenvalue weighted by molar-refractivity contribution is 5.79. The van der Waals surface area contributed by atoms with Crippen molar-refractivity contribution in [3.63, 3.8) is 0 Å². The fourth-order valence-electron chi connectivity index (χ4n) is 3.87. The van der Waals surface area contributed by atoms with Crippen molar-refractivity contribution >= 4 is 5.91 Å². The molecule has 0 spiro atoms. The van der Waals surface area contributed by atoms with E-state index in [1.807, 2.05) is 49.1 Å². The van der Waals surface area contributed by atoms with Gasteiger partial charge in [0, 0.05) is 18.5 Å². The maximum atomic E-state index is 14.4. The molecule has 0 bridgehead atoms. The van der Waals surface area contributed by atoms with Gasteiger partial charge in [-0.3, -0.25) is 4.79 Å². The topological polar surface area (TPSA) is 47.4 Å². The van der Waals surface area contributed by atoms with Crippen molar-refractivity contribution in [3.8, 4) is 17.3 Å². The van der Waals surface area contributed by atoms with E-state index in [9.17, 15) is 13.6 Å². The molecule has 5 nitrogen and oxygen atoms in total. The summed E-state index contributed by atoms with van der Waals surface area (Å²) >= 11 is 0. The van der Waals surface area contributed by atoms with Crippen LogP contribution in [0.4, 0.5) is 8.78 Å². The van der Waals surface area contributed by atoms with Crippen LogP contribution in [0.1, 0.15) is 43.9 Å². The molecule has 1 aliphatic rings. The SMILES string of the molecule is CCCN(Cc1c(C)nn(-c2ccccc2)c1Oc1ccc(F)cc1F)C(=O)C1CCC1. The minimum Gasteiger partial charge on any atom is -0.435 e. The average Bonchev–Trinajstić information content (AvgIpc) is 3.04. The van der Waals surface area contributed by atoms with Gasteiger partial charge in [-0.25, -0.2) is 13.5 Å². The Hall–Kier alpha value is -3.22. The van der Waals surface area contributed by atoms with Gasteiger partial charge < -0.3 is 9.64 Å². The van der Waals surface area contributed by atoms with Gasteiger partial charge in [-0.1, -0.05) is 31.5 Å². The Labute approximate surface area is 186 Å². The summed E-state index contributed by atoms with van der Waals surface area (Å²) in [5.74, 6) is -1.04. The van der Waals surface area contributed by atoms with E-state index in [1.54, 1.807) is 4.68 Å². The molecule has 1 aliphatic carbocycles. The smallest absolute Gasteiger partial charge is 0.228 e. The van der Waals surface area contributed by atoms with E-state index in [-0.39, 0.29) is 17.6 Å². The summed E-state index contributed by atoms with van der Waals surface area (Å²) in [5, 5.41) is 4.63. The van der Waals surface area contributed by atoms with Crippen LogP contribution in [0, 0.1) is 24.5 Å². The fraction of sp³-hybridized carbons (Fsp3) is 0.360. The van der Waals surface area contributed by atoms with Crippen LogP contribution in [0.5, 0.6) is 11.6 Å². The number of carbonyl (C=O) groups is 1. The number of aromatic nitrogens is 2. The van der Waals surface area contributed by atoms with Crippen molar-refractivity contribution in [1.29, 1.82) is 0 Å². The quantitative estimate of drug-likeness (QED) is 0.446. The largest absolute Gasteiger partial charge is 0.435 e. The number of hydrogen-bond donors (Lipinski definition) is 0. The highest BCUT2D eigenvalue weighted by Gasteiger charge is 2.31. The van der Waals surface area contributed by atoms with Gasteiger partial charge in [0.1, 0.15) is 5.82 Å². The number of carbonyl (C=O) groups excluding carboxylic acids is 1. The summed E-state index contributed by atoms with van der Waals surface area (Å²) in [6.45, 7) is 4.82. The fourth-order valence-corrected chi connectivity index (χ4v) is 3.87. The predicted octanol–water partition coefficient (Wildman–Crippen LogP) is 5.79. The number of halogens is 2. The number of ether oxygens (including phenoxy) is 1. The molecule has 168 valence electrons. The van der Waals surface area contributed by atoms with Crippen LogP contribution in [0.25, 0.3) is 5.69 Å². The minimum atomic E-state index is -0.801. The molecule has 0 unspecified atom stereocenters. The molecular formula is C25H27F2N3O2. The van der Waals surface area contributed by atoms with E-state index in [4.69, 9.17) is 4.74 Å². The lowest BCUT2D eigenvalue weighted by Crippen LogP contribution is -2.39. The molecule has 32 heavy (non-hydrogen) atoms. The molecule has 2 aromatic carbocycles. The third kappa shape index (κ3) is 4.52. The lowest BCUT2D eigenvalue weighted by Gasteiger charge is -2.31.